The highest BCUT2D eigenvalue weighted by atomic mass is 16.5. The standard InChI is InChI=1S/C15H23NO4/c1-4-5-13-14(10(2)16-20-13)15(17)19-11(3)12-6-8-18-9-7-12/h11-12H,4-9H2,1-3H3/t11-/m1/s1. The van der Waals surface area contributed by atoms with Gasteiger partial charge in [-0.15, -0.1) is 0 Å². The van der Waals surface area contributed by atoms with E-state index in [9.17, 15) is 4.79 Å². The van der Waals surface area contributed by atoms with Gasteiger partial charge in [-0.1, -0.05) is 12.1 Å². The summed E-state index contributed by atoms with van der Waals surface area (Å²) >= 11 is 0. The van der Waals surface area contributed by atoms with Gasteiger partial charge in [-0.25, -0.2) is 4.79 Å². The van der Waals surface area contributed by atoms with Crippen molar-refractivity contribution in [3.8, 4) is 0 Å². The molecule has 0 saturated carbocycles. The van der Waals surface area contributed by atoms with E-state index in [0.717, 1.165) is 32.5 Å². The van der Waals surface area contributed by atoms with Gasteiger partial charge in [0.15, 0.2) is 5.76 Å². The van der Waals surface area contributed by atoms with E-state index in [1.54, 1.807) is 6.92 Å². The first-order valence-electron chi connectivity index (χ1n) is 7.37. The van der Waals surface area contributed by atoms with Crippen LogP contribution in [0.2, 0.25) is 0 Å². The Bertz CT molecular complexity index is 449. The molecule has 20 heavy (non-hydrogen) atoms. The number of aryl methyl sites for hydroxylation is 2. The fraction of sp³-hybridized carbons (Fsp3) is 0.733. The van der Waals surface area contributed by atoms with Crippen LogP contribution in [0.1, 0.15) is 54.9 Å². The van der Waals surface area contributed by atoms with Gasteiger partial charge in [0.05, 0.1) is 5.69 Å². The molecule has 0 spiro atoms. The highest BCUT2D eigenvalue weighted by Crippen LogP contribution is 2.23. The molecule has 0 bridgehead atoms. The SMILES string of the molecule is CCCc1onc(C)c1C(=O)O[C@H](C)C1CCOCC1. The summed E-state index contributed by atoms with van der Waals surface area (Å²) in [6.07, 6.45) is 3.40. The van der Waals surface area contributed by atoms with E-state index in [4.69, 9.17) is 14.0 Å². The molecule has 0 aromatic carbocycles. The highest BCUT2D eigenvalue weighted by molar-refractivity contribution is 5.91. The molecule has 1 fully saturated rings. The number of aromatic nitrogens is 1. The molecule has 2 heterocycles. The Morgan fingerprint density at radius 3 is 2.80 bits per heavy atom. The molecule has 2 rings (SSSR count). The van der Waals surface area contributed by atoms with Crippen molar-refractivity contribution < 1.29 is 18.8 Å². The average Bonchev–Trinajstić information content (AvgIpc) is 2.81. The van der Waals surface area contributed by atoms with Crippen LogP contribution in [0, 0.1) is 12.8 Å². The lowest BCUT2D eigenvalue weighted by atomic mass is 9.95. The topological polar surface area (TPSA) is 61.6 Å². The minimum atomic E-state index is -0.314. The predicted molar refractivity (Wildman–Crippen MR) is 73.7 cm³/mol. The van der Waals surface area contributed by atoms with Crippen LogP contribution in [-0.4, -0.2) is 30.4 Å². The van der Waals surface area contributed by atoms with Gasteiger partial charge in [0, 0.05) is 25.6 Å². The molecule has 1 aliphatic heterocycles. The van der Waals surface area contributed by atoms with E-state index in [0.29, 0.717) is 29.4 Å². The second-order valence-electron chi connectivity index (χ2n) is 5.38. The largest absolute Gasteiger partial charge is 0.459 e. The number of carbonyl (C=O) groups is 1. The number of nitrogens with zero attached hydrogens (tertiary/aromatic N) is 1. The Morgan fingerprint density at radius 2 is 2.15 bits per heavy atom. The molecule has 1 aliphatic rings. The Kier molecular flexibility index (Phi) is 5.17. The minimum Gasteiger partial charge on any atom is -0.459 e. The zero-order valence-electron chi connectivity index (χ0n) is 12.5. The van der Waals surface area contributed by atoms with E-state index in [1.807, 2.05) is 13.8 Å². The Labute approximate surface area is 119 Å². The van der Waals surface area contributed by atoms with Gasteiger partial charge in [-0.05, 0) is 33.1 Å². The highest BCUT2D eigenvalue weighted by Gasteiger charge is 2.27. The quantitative estimate of drug-likeness (QED) is 0.777. The third-order valence-electron chi connectivity index (χ3n) is 3.84. The van der Waals surface area contributed by atoms with Crippen molar-refractivity contribution in [2.24, 2.45) is 5.92 Å². The van der Waals surface area contributed by atoms with Crippen LogP contribution >= 0.6 is 0 Å². The zero-order chi connectivity index (χ0) is 14.5. The Hall–Kier alpha value is -1.36. The van der Waals surface area contributed by atoms with Crippen molar-refractivity contribution in [1.29, 1.82) is 0 Å². The summed E-state index contributed by atoms with van der Waals surface area (Å²) in [4.78, 5) is 12.3. The summed E-state index contributed by atoms with van der Waals surface area (Å²) < 4.78 is 16.2. The van der Waals surface area contributed by atoms with Gasteiger partial charge >= 0.3 is 5.97 Å². The molecule has 1 aromatic heterocycles. The maximum absolute atomic E-state index is 12.3. The van der Waals surface area contributed by atoms with E-state index < -0.39 is 0 Å². The summed E-state index contributed by atoms with van der Waals surface area (Å²) in [5.41, 5.74) is 1.11. The number of hydrogen-bond acceptors (Lipinski definition) is 5. The van der Waals surface area contributed by atoms with Crippen molar-refractivity contribution >= 4 is 5.97 Å². The number of esters is 1. The first-order chi connectivity index (χ1) is 9.63. The van der Waals surface area contributed by atoms with Crippen molar-refractivity contribution in [1.82, 2.24) is 5.16 Å². The Balaban J connectivity index is 2.02. The van der Waals surface area contributed by atoms with Crippen molar-refractivity contribution in [3.63, 3.8) is 0 Å². The molecule has 1 atom stereocenters. The van der Waals surface area contributed by atoms with Crippen LogP contribution < -0.4 is 0 Å². The lowest BCUT2D eigenvalue weighted by Crippen LogP contribution is -2.29. The number of rotatable bonds is 5. The first kappa shape index (κ1) is 15.0. The third kappa shape index (κ3) is 3.39. The van der Waals surface area contributed by atoms with Gasteiger partial charge < -0.3 is 14.0 Å². The molecule has 1 saturated heterocycles. The van der Waals surface area contributed by atoms with Gasteiger partial charge in [0.25, 0.3) is 0 Å². The smallest absolute Gasteiger partial charge is 0.343 e. The molecule has 5 heteroatoms. The summed E-state index contributed by atoms with van der Waals surface area (Å²) in [6.45, 7) is 7.27. The number of ether oxygens (including phenoxy) is 2. The molecule has 0 N–H and O–H groups in total. The summed E-state index contributed by atoms with van der Waals surface area (Å²) in [5, 5.41) is 3.88. The van der Waals surface area contributed by atoms with Crippen molar-refractivity contribution in [3.05, 3.63) is 17.0 Å². The normalized spacial score (nSPS) is 17.9. The molecule has 0 radical (unpaired) electrons. The first-order valence-corrected chi connectivity index (χ1v) is 7.37. The van der Waals surface area contributed by atoms with Crippen LogP contribution in [0.25, 0.3) is 0 Å². The summed E-state index contributed by atoms with van der Waals surface area (Å²) in [6, 6.07) is 0. The van der Waals surface area contributed by atoms with Crippen LogP contribution in [0.5, 0.6) is 0 Å². The van der Waals surface area contributed by atoms with Gasteiger partial charge in [0.2, 0.25) is 0 Å². The molecule has 112 valence electrons. The van der Waals surface area contributed by atoms with Crippen LogP contribution in [0.4, 0.5) is 0 Å². The van der Waals surface area contributed by atoms with E-state index in [-0.39, 0.29) is 12.1 Å². The second kappa shape index (κ2) is 6.88. The summed E-state index contributed by atoms with van der Waals surface area (Å²) in [5.74, 6) is 0.697. The Morgan fingerprint density at radius 1 is 1.45 bits per heavy atom. The summed E-state index contributed by atoms with van der Waals surface area (Å²) in [7, 11) is 0. The lowest BCUT2D eigenvalue weighted by molar-refractivity contribution is -0.0120. The molecular formula is C15H23NO4. The monoisotopic (exact) mass is 281 g/mol. The molecular weight excluding hydrogens is 258 g/mol. The molecule has 5 nitrogen and oxygen atoms in total. The van der Waals surface area contributed by atoms with Crippen LogP contribution in [0.3, 0.4) is 0 Å². The van der Waals surface area contributed by atoms with Gasteiger partial charge in [-0.2, -0.15) is 0 Å². The second-order valence-corrected chi connectivity index (χ2v) is 5.38. The molecule has 0 unspecified atom stereocenters. The minimum absolute atomic E-state index is 0.102. The van der Waals surface area contributed by atoms with E-state index in [1.165, 1.54) is 0 Å². The van der Waals surface area contributed by atoms with Gasteiger partial charge in [-0.3, -0.25) is 0 Å². The van der Waals surface area contributed by atoms with Crippen molar-refractivity contribution in [2.45, 2.75) is 52.6 Å². The average molecular weight is 281 g/mol. The van der Waals surface area contributed by atoms with Gasteiger partial charge in [0.1, 0.15) is 11.7 Å². The fourth-order valence-electron chi connectivity index (χ4n) is 2.59. The zero-order valence-corrected chi connectivity index (χ0v) is 12.5. The van der Waals surface area contributed by atoms with Crippen molar-refractivity contribution in [2.75, 3.05) is 13.2 Å². The van der Waals surface area contributed by atoms with Crippen LogP contribution in [-0.2, 0) is 15.9 Å². The molecule has 1 aromatic rings. The molecule has 0 amide bonds. The lowest BCUT2D eigenvalue weighted by Gasteiger charge is -2.27. The van der Waals surface area contributed by atoms with Crippen LogP contribution in [0.15, 0.2) is 4.52 Å². The molecule has 0 aliphatic carbocycles. The number of hydrogen-bond donors (Lipinski definition) is 0. The predicted octanol–water partition coefficient (Wildman–Crippen LogP) is 2.91. The van der Waals surface area contributed by atoms with E-state index >= 15 is 0 Å². The van der Waals surface area contributed by atoms with E-state index in [2.05, 4.69) is 5.16 Å². The fourth-order valence-corrected chi connectivity index (χ4v) is 2.59. The third-order valence-corrected chi connectivity index (χ3v) is 3.84. The number of carbonyl (C=O) groups excluding carboxylic acids is 1. The maximum Gasteiger partial charge on any atom is 0.343 e. The maximum atomic E-state index is 12.3.